The molecule has 2 N–H and O–H groups in total. The number of amides is 1. The van der Waals surface area contributed by atoms with Gasteiger partial charge in [0.2, 0.25) is 0 Å². The quantitative estimate of drug-likeness (QED) is 0.727. The van der Waals surface area contributed by atoms with Crippen molar-refractivity contribution < 1.29 is 4.79 Å². The fraction of sp³-hybridized carbons (Fsp3) is 0.235. The maximum Gasteiger partial charge on any atom is 0.274 e. The number of pyridine rings is 1. The van der Waals surface area contributed by atoms with Gasteiger partial charge in [-0.2, -0.15) is 5.10 Å². The summed E-state index contributed by atoms with van der Waals surface area (Å²) >= 11 is 0. The first kappa shape index (κ1) is 15.3. The number of rotatable bonds is 2. The molecule has 0 fully saturated rings. The Morgan fingerprint density at radius 3 is 2.80 bits per heavy atom. The maximum absolute atomic E-state index is 12.6. The van der Waals surface area contributed by atoms with E-state index in [0.29, 0.717) is 42.3 Å². The van der Waals surface area contributed by atoms with Gasteiger partial charge >= 0.3 is 0 Å². The van der Waals surface area contributed by atoms with Crippen LogP contribution in [0.25, 0.3) is 11.4 Å². The molecule has 0 atom stereocenters. The average molecular weight is 336 g/mol. The van der Waals surface area contributed by atoms with E-state index in [2.05, 4.69) is 25.1 Å². The molecule has 0 bridgehead atoms. The van der Waals surface area contributed by atoms with Gasteiger partial charge in [-0.05, 0) is 31.5 Å². The number of nitrogens with one attached hydrogen (secondary N) is 2. The zero-order valence-corrected chi connectivity index (χ0v) is 13.6. The number of carbonyl (C=O) groups is 1. The van der Waals surface area contributed by atoms with Crippen LogP contribution in [0, 0.1) is 6.92 Å². The van der Waals surface area contributed by atoms with Crippen LogP contribution in [0.15, 0.2) is 35.4 Å². The molecule has 126 valence electrons. The van der Waals surface area contributed by atoms with Gasteiger partial charge in [0, 0.05) is 35.8 Å². The molecule has 4 heterocycles. The Morgan fingerprint density at radius 1 is 1.28 bits per heavy atom. The Kier molecular flexibility index (Phi) is 3.64. The molecule has 0 aromatic carbocycles. The maximum atomic E-state index is 12.6. The van der Waals surface area contributed by atoms with E-state index in [1.54, 1.807) is 35.5 Å². The zero-order valence-electron chi connectivity index (χ0n) is 13.6. The molecule has 3 aromatic heterocycles. The predicted octanol–water partition coefficient (Wildman–Crippen LogP) is 1.06. The molecular weight excluding hydrogens is 320 g/mol. The third-order valence-electron chi connectivity index (χ3n) is 4.24. The minimum Gasteiger partial charge on any atom is -0.331 e. The Labute approximate surface area is 143 Å². The van der Waals surface area contributed by atoms with Crippen molar-refractivity contribution in [2.24, 2.45) is 0 Å². The largest absolute Gasteiger partial charge is 0.331 e. The van der Waals surface area contributed by atoms with E-state index in [1.165, 1.54) is 0 Å². The summed E-state index contributed by atoms with van der Waals surface area (Å²) < 4.78 is 0. The monoisotopic (exact) mass is 336 g/mol. The first-order chi connectivity index (χ1) is 12.1. The van der Waals surface area contributed by atoms with Crippen molar-refractivity contribution in [2.45, 2.75) is 19.9 Å². The number of aryl methyl sites for hydroxylation is 1. The molecule has 25 heavy (non-hydrogen) atoms. The van der Waals surface area contributed by atoms with E-state index in [-0.39, 0.29) is 11.5 Å². The highest BCUT2D eigenvalue weighted by atomic mass is 16.2. The molecule has 0 unspecified atom stereocenters. The summed E-state index contributed by atoms with van der Waals surface area (Å²) in [6, 6.07) is 5.28. The summed E-state index contributed by atoms with van der Waals surface area (Å²) in [4.78, 5) is 38.0. The highest BCUT2D eigenvalue weighted by molar-refractivity contribution is 5.92. The van der Waals surface area contributed by atoms with Crippen LogP contribution in [0.3, 0.4) is 0 Å². The molecule has 4 rings (SSSR count). The van der Waals surface area contributed by atoms with Crippen molar-refractivity contribution in [2.75, 3.05) is 6.54 Å². The molecule has 1 amide bonds. The SMILES string of the molecule is Cc1cc(C(=O)N2CCc3c(nc(-c4ccncc4)[nH]c3=O)C2)n[nH]1. The number of aromatic nitrogens is 5. The number of hydrogen-bond acceptors (Lipinski definition) is 5. The summed E-state index contributed by atoms with van der Waals surface area (Å²) in [5, 5.41) is 6.79. The first-order valence-electron chi connectivity index (χ1n) is 7.95. The van der Waals surface area contributed by atoms with Gasteiger partial charge in [-0.1, -0.05) is 0 Å². The van der Waals surface area contributed by atoms with Crippen LogP contribution in [-0.2, 0) is 13.0 Å². The zero-order chi connectivity index (χ0) is 17.4. The van der Waals surface area contributed by atoms with Gasteiger partial charge in [-0.3, -0.25) is 19.7 Å². The van der Waals surface area contributed by atoms with Crippen LogP contribution in [0.2, 0.25) is 0 Å². The van der Waals surface area contributed by atoms with Crippen molar-refractivity contribution in [3.63, 3.8) is 0 Å². The molecule has 3 aromatic rings. The van der Waals surface area contributed by atoms with Crippen LogP contribution >= 0.6 is 0 Å². The Balaban J connectivity index is 1.67. The standard InChI is InChI=1S/C17H16N6O2/c1-10-8-13(22-21-10)17(25)23-7-4-12-14(9-23)19-15(20-16(12)24)11-2-5-18-6-3-11/h2-3,5-6,8H,4,7,9H2,1H3,(H,21,22)(H,19,20,24). The van der Waals surface area contributed by atoms with Crippen LogP contribution < -0.4 is 5.56 Å². The lowest BCUT2D eigenvalue weighted by atomic mass is 10.1. The highest BCUT2D eigenvalue weighted by Crippen LogP contribution is 2.19. The average Bonchev–Trinajstić information content (AvgIpc) is 3.07. The smallest absolute Gasteiger partial charge is 0.274 e. The lowest BCUT2D eigenvalue weighted by Gasteiger charge is -2.27. The highest BCUT2D eigenvalue weighted by Gasteiger charge is 2.26. The van der Waals surface area contributed by atoms with Crippen LogP contribution in [-0.4, -0.2) is 42.5 Å². The summed E-state index contributed by atoms with van der Waals surface area (Å²) in [6.45, 7) is 2.61. The van der Waals surface area contributed by atoms with E-state index in [9.17, 15) is 9.59 Å². The van der Waals surface area contributed by atoms with Gasteiger partial charge in [0.05, 0.1) is 12.2 Å². The third kappa shape index (κ3) is 2.82. The molecule has 0 saturated carbocycles. The number of nitrogens with zero attached hydrogens (tertiary/aromatic N) is 4. The molecule has 0 spiro atoms. The summed E-state index contributed by atoms with van der Waals surface area (Å²) in [7, 11) is 0. The Morgan fingerprint density at radius 2 is 2.08 bits per heavy atom. The lowest BCUT2D eigenvalue weighted by Crippen LogP contribution is -2.39. The molecule has 1 aliphatic rings. The second kappa shape index (κ2) is 5.97. The summed E-state index contributed by atoms with van der Waals surface area (Å²) in [6.07, 6.45) is 3.76. The summed E-state index contributed by atoms with van der Waals surface area (Å²) in [5.74, 6) is 0.318. The summed E-state index contributed by atoms with van der Waals surface area (Å²) in [5.41, 5.74) is 3.10. The number of H-pyrrole nitrogens is 2. The fourth-order valence-electron chi connectivity index (χ4n) is 2.95. The number of fused-ring (bicyclic) bond motifs is 1. The van der Waals surface area contributed by atoms with Gasteiger partial charge in [0.1, 0.15) is 11.5 Å². The minimum atomic E-state index is -0.164. The van der Waals surface area contributed by atoms with E-state index in [0.717, 1.165) is 11.3 Å². The molecule has 0 aliphatic carbocycles. The van der Waals surface area contributed by atoms with Crippen LogP contribution in [0.4, 0.5) is 0 Å². The van der Waals surface area contributed by atoms with Crippen molar-refractivity contribution in [3.05, 3.63) is 63.6 Å². The Hall–Kier alpha value is -3.29. The van der Waals surface area contributed by atoms with Crippen molar-refractivity contribution in [1.82, 2.24) is 30.0 Å². The van der Waals surface area contributed by atoms with Crippen LogP contribution in [0.1, 0.15) is 27.4 Å². The molecule has 8 nitrogen and oxygen atoms in total. The predicted molar refractivity (Wildman–Crippen MR) is 89.9 cm³/mol. The molecule has 0 radical (unpaired) electrons. The van der Waals surface area contributed by atoms with Gasteiger partial charge < -0.3 is 9.88 Å². The second-order valence-electron chi connectivity index (χ2n) is 5.99. The second-order valence-corrected chi connectivity index (χ2v) is 5.99. The van der Waals surface area contributed by atoms with Crippen molar-refractivity contribution in [3.8, 4) is 11.4 Å². The number of aromatic amines is 2. The lowest BCUT2D eigenvalue weighted by molar-refractivity contribution is 0.0725. The molecule has 1 aliphatic heterocycles. The van der Waals surface area contributed by atoms with Gasteiger partial charge in [0.15, 0.2) is 0 Å². The molecule has 8 heteroatoms. The van der Waals surface area contributed by atoms with Gasteiger partial charge in [-0.15, -0.1) is 0 Å². The fourth-order valence-corrected chi connectivity index (χ4v) is 2.95. The van der Waals surface area contributed by atoms with Gasteiger partial charge in [-0.25, -0.2) is 4.98 Å². The van der Waals surface area contributed by atoms with E-state index in [1.807, 2.05) is 6.92 Å². The first-order valence-corrected chi connectivity index (χ1v) is 7.95. The van der Waals surface area contributed by atoms with E-state index < -0.39 is 0 Å². The minimum absolute atomic E-state index is 0.153. The number of hydrogen-bond donors (Lipinski definition) is 2. The normalized spacial score (nSPS) is 13.6. The van der Waals surface area contributed by atoms with Crippen LogP contribution in [0.5, 0.6) is 0 Å². The Bertz CT molecular complexity index is 992. The molecule has 0 saturated heterocycles. The van der Waals surface area contributed by atoms with E-state index >= 15 is 0 Å². The van der Waals surface area contributed by atoms with Crippen molar-refractivity contribution in [1.29, 1.82) is 0 Å². The molecular formula is C17H16N6O2. The third-order valence-corrected chi connectivity index (χ3v) is 4.24. The van der Waals surface area contributed by atoms with Crippen molar-refractivity contribution >= 4 is 5.91 Å². The number of carbonyl (C=O) groups excluding carboxylic acids is 1. The van der Waals surface area contributed by atoms with E-state index in [4.69, 9.17) is 0 Å². The topological polar surface area (TPSA) is 108 Å². The van der Waals surface area contributed by atoms with Gasteiger partial charge in [0.25, 0.3) is 11.5 Å².